The maximum Gasteiger partial charge on any atom is 0.315 e. The van der Waals surface area contributed by atoms with Gasteiger partial charge in [-0.15, -0.1) is 0 Å². The van der Waals surface area contributed by atoms with Gasteiger partial charge in [0.15, 0.2) is 0 Å². The number of hydrogen-bond donors (Lipinski definition) is 4. The fourth-order valence-corrected chi connectivity index (χ4v) is 3.38. The van der Waals surface area contributed by atoms with Crippen molar-refractivity contribution in [3.05, 3.63) is 33.2 Å². The van der Waals surface area contributed by atoms with Crippen molar-refractivity contribution >= 4 is 6.03 Å². The number of aryl methyl sites for hydroxylation is 2. The maximum absolute atomic E-state index is 12.0. The number of hydrogen-bond acceptors (Lipinski definition) is 4. The van der Waals surface area contributed by atoms with Crippen molar-refractivity contribution in [1.29, 1.82) is 0 Å². The molecule has 1 atom stereocenters. The van der Waals surface area contributed by atoms with Gasteiger partial charge in [0.2, 0.25) is 0 Å². The number of likely N-dealkylation sites (N-methyl/N-ethyl adjacent to an activating group) is 1. The van der Waals surface area contributed by atoms with Crippen molar-refractivity contribution in [2.75, 3.05) is 26.7 Å². The number of H-pyrrole nitrogens is 1. The number of carbonyl (C=O) groups is 1. The van der Waals surface area contributed by atoms with Gasteiger partial charge in [-0.3, -0.25) is 4.79 Å². The van der Waals surface area contributed by atoms with Gasteiger partial charge in [-0.2, -0.15) is 0 Å². The molecule has 1 saturated heterocycles. The van der Waals surface area contributed by atoms with E-state index in [1.807, 2.05) is 18.0 Å². The molecular formula is C16H24N4O3. The number of urea groups is 1. The monoisotopic (exact) mass is 320 g/mol. The van der Waals surface area contributed by atoms with E-state index >= 15 is 0 Å². The van der Waals surface area contributed by atoms with Gasteiger partial charge in [-0.1, -0.05) is 0 Å². The summed E-state index contributed by atoms with van der Waals surface area (Å²) in [5.74, 6) is 0. The average Bonchev–Trinajstić information content (AvgIpc) is 3.09. The SMILES string of the molecule is CN1CCC(O)(CNC(=O)NCc2cc3c([nH]c2=O)CCC3)C1. The lowest BCUT2D eigenvalue weighted by Gasteiger charge is -2.22. The van der Waals surface area contributed by atoms with Crippen LogP contribution in [0.25, 0.3) is 0 Å². The molecule has 0 aromatic carbocycles. The summed E-state index contributed by atoms with van der Waals surface area (Å²) in [5, 5.41) is 15.7. The summed E-state index contributed by atoms with van der Waals surface area (Å²) in [5.41, 5.74) is 1.76. The first-order valence-electron chi connectivity index (χ1n) is 8.12. The van der Waals surface area contributed by atoms with Gasteiger partial charge in [-0.05, 0) is 44.4 Å². The third kappa shape index (κ3) is 3.73. The van der Waals surface area contributed by atoms with E-state index in [2.05, 4.69) is 15.6 Å². The van der Waals surface area contributed by atoms with E-state index < -0.39 is 5.60 Å². The molecule has 4 N–H and O–H groups in total. The number of fused-ring (bicyclic) bond motifs is 1. The zero-order valence-corrected chi connectivity index (χ0v) is 13.4. The molecule has 0 radical (unpaired) electrons. The summed E-state index contributed by atoms with van der Waals surface area (Å²) in [6.07, 6.45) is 3.61. The predicted octanol–water partition coefficient (Wildman–Crippen LogP) is -0.271. The molecule has 2 aliphatic rings. The van der Waals surface area contributed by atoms with E-state index in [-0.39, 0.29) is 24.7 Å². The van der Waals surface area contributed by atoms with Crippen molar-refractivity contribution in [3.63, 3.8) is 0 Å². The van der Waals surface area contributed by atoms with Crippen LogP contribution in [0, 0.1) is 0 Å². The van der Waals surface area contributed by atoms with Gasteiger partial charge in [0.05, 0.1) is 5.60 Å². The quantitative estimate of drug-likeness (QED) is 0.614. The van der Waals surface area contributed by atoms with Crippen LogP contribution in [-0.2, 0) is 19.4 Å². The summed E-state index contributed by atoms with van der Waals surface area (Å²) in [4.78, 5) is 28.8. The second-order valence-corrected chi connectivity index (χ2v) is 6.73. The summed E-state index contributed by atoms with van der Waals surface area (Å²) >= 11 is 0. The number of nitrogens with zero attached hydrogens (tertiary/aromatic N) is 1. The lowest BCUT2D eigenvalue weighted by Crippen LogP contribution is -2.47. The van der Waals surface area contributed by atoms with Gasteiger partial charge in [-0.25, -0.2) is 4.79 Å². The number of pyridine rings is 1. The Bertz CT molecular complexity index is 657. The fourth-order valence-electron chi connectivity index (χ4n) is 3.38. The minimum Gasteiger partial charge on any atom is -0.387 e. The van der Waals surface area contributed by atoms with Crippen LogP contribution in [0.15, 0.2) is 10.9 Å². The highest BCUT2D eigenvalue weighted by Gasteiger charge is 2.34. The molecule has 2 amide bonds. The first kappa shape index (κ1) is 16.0. The lowest BCUT2D eigenvalue weighted by molar-refractivity contribution is 0.0541. The van der Waals surface area contributed by atoms with Crippen molar-refractivity contribution in [1.82, 2.24) is 20.5 Å². The Morgan fingerprint density at radius 2 is 2.26 bits per heavy atom. The molecule has 7 nitrogen and oxygen atoms in total. The van der Waals surface area contributed by atoms with E-state index in [0.29, 0.717) is 18.5 Å². The van der Waals surface area contributed by atoms with Crippen LogP contribution in [0.4, 0.5) is 4.79 Å². The number of nitrogens with one attached hydrogen (secondary N) is 3. The smallest absolute Gasteiger partial charge is 0.315 e. The van der Waals surface area contributed by atoms with E-state index in [0.717, 1.165) is 31.5 Å². The number of carbonyl (C=O) groups excluding carboxylic acids is 1. The van der Waals surface area contributed by atoms with Crippen LogP contribution >= 0.6 is 0 Å². The van der Waals surface area contributed by atoms with Crippen molar-refractivity contribution in [2.45, 2.75) is 37.8 Å². The number of likely N-dealkylation sites (tertiary alicyclic amines) is 1. The van der Waals surface area contributed by atoms with Crippen LogP contribution in [0.3, 0.4) is 0 Å². The zero-order chi connectivity index (χ0) is 16.4. The highest BCUT2D eigenvalue weighted by atomic mass is 16.3. The summed E-state index contributed by atoms with van der Waals surface area (Å²) in [7, 11) is 1.94. The van der Waals surface area contributed by atoms with Crippen LogP contribution < -0.4 is 16.2 Å². The number of aromatic amines is 1. The molecule has 1 aliphatic carbocycles. The number of aromatic nitrogens is 1. The normalized spacial score (nSPS) is 23.7. The minimum atomic E-state index is -0.864. The molecule has 7 heteroatoms. The fraction of sp³-hybridized carbons (Fsp3) is 0.625. The topological polar surface area (TPSA) is 97.5 Å². The molecule has 1 fully saturated rings. The Kier molecular flexibility index (Phi) is 4.41. The molecule has 1 aromatic heterocycles. The Hall–Kier alpha value is -1.86. The Labute approximate surface area is 135 Å². The standard InChI is InChI=1S/C16H24N4O3/c1-20-6-5-16(23,10-20)9-18-15(22)17-8-12-7-11-3-2-4-13(11)19-14(12)21/h7,23H,2-6,8-10H2,1H3,(H,19,21)(H2,17,18,22). The van der Waals surface area contributed by atoms with Crippen LogP contribution in [0.2, 0.25) is 0 Å². The highest BCUT2D eigenvalue weighted by Crippen LogP contribution is 2.19. The first-order chi connectivity index (χ1) is 11.0. The highest BCUT2D eigenvalue weighted by molar-refractivity contribution is 5.73. The first-order valence-corrected chi connectivity index (χ1v) is 8.12. The molecule has 126 valence electrons. The third-order valence-electron chi connectivity index (χ3n) is 4.71. The van der Waals surface area contributed by atoms with E-state index in [9.17, 15) is 14.7 Å². The van der Waals surface area contributed by atoms with Gasteiger partial charge < -0.3 is 25.6 Å². The molecule has 0 spiro atoms. The van der Waals surface area contributed by atoms with Crippen LogP contribution in [0.5, 0.6) is 0 Å². The molecule has 3 rings (SSSR count). The van der Waals surface area contributed by atoms with Gasteiger partial charge in [0, 0.05) is 37.4 Å². The maximum atomic E-state index is 12.0. The summed E-state index contributed by atoms with van der Waals surface area (Å²) in [6, 6.07) is 1.52. The predicted molar refractivity (Wildman–Crippen MR) is 86.4 cm³/mol. The number of aliphatic hydroxyl groups is 1. The molecular weight excluding hydrogens is 296 g/mol. The number of rotatable bonds is 4. The molecule has 0 saturated carbocycles. The van der Waals surface area contributed by atoms with Crippen molar-refractivity contribution in [3.8, 4) is 0 Å². The molecule has 1 unspecified atom stereocenters. The third-order valence-corrected chi connectivity index (χ3v) is 4.71. The van der Waals surface area contributed by atoms with Gasteiger partial charge in [0.25, 0.3) is 5.56 Å². The molecule has 0 bridgehead atoms. The second kappa shape index (κ2) is 6.33. The molecule has 1 aromatic rings. The average molecular weight is 320 g/mol. The summed E-state index contributed by atoms with van der Waals surface area (Å²) in [6.45, 7) is 1.78. The van der Waals surface area contributed by atoms with Crippen LogP contribution in [0.1, 0.15) is 29.7 Å². The molecule has 2 heterocycles. The second-order valence-electron chi connectivity index (χ2n) is 6.73. The summed E-state index contributed by atoms with van der Waals surface area (Å²) < 4.78 is 0. The Morgan fingerprint density at radius 1 is 1.43 bits per heavy atom. The molecule has 1 aliphatic heterocycles. The van der Waals surface area contributed by atoms with Gasteiger partial charge in [0.1, 0.15) is 0 Å². The number of amides is 2. The van der Waals surface area contributed by atoms with E-state index in [1.54, 1.807) is 0 Å². The van der Waals surface area contributed by atoms with Crippen molar-refractivity contribution < 1.29 is 9.90 Å². The van der Waals surface area contributed by atoms with E-state index in [1.165, 1.54) is 5.56 Å². The van der Waals surface area contributed by atoms with E-state index in [4.69, 9.17) is 0 Å². The van der Waals surface area contributed by atoms with Crippen LogP contribution in [-0.4, -0.2) is 53.3 Å². The Morgan fingerprint density at radius 3 is 3.00 bits per heavy atom. The Balaban J connectivity index is 1.51. The number of β-amino-alcohol motifs (C(OH)–C–C–N with tert-alkyl or cyclic N) is 1. The van der Waals surface area contributed by atoms with Crippen molar-refractivity contribution in [2.24, 2.45) is 0 Å². The van der Waals surface area contributed by atoms with Gasteiger partial charge >= 0.3 is 6.03 Å². The molecule has 23 heavy (non-hydrogen) atoms. The lowest BCUT2D eigenvalue weighted by atomic mass is 10.0. The zero-order valence-electron chi connectivity index (χ0n) is 13.4. The minimum absolute atomic E-state index is 0.137. The largest absolute Gasteiger partial charge is 0.387 e.